The van der Waals surface area contributed by atoms with Crippen LogP contribution in [0.4, 0.5) is 10.5 Å². The molecule has 2 N–H and O–H groups in total. The average molecular weight is 467 g/mol. The van der Waals surface area contributed by atoms with Crippen molar-refractivity contribution in [3.8, 4) is 0 Å². The molecule has 0 radical (unpaired) electrons. The van der Waals surface area contributed by atoms with Crippen LogP contribution in [0, 0.1) is 0 Å². The third-order valence-corrected chi connectivity index (χ3v) is 6.50. The molecule has 3 rings (SSSR count). The van der Waals surface area contributed by atoms with E-state index in [2.05, 4.69) is 36.9 Å². The normalized spacial score (nSPS) is 11.7. The summed E-state index contributed by atoms with van der Waals surface area (Å²) in [6.45, 7) is 0.714. The van der Waals surface area contributed by atoms with E-state index in [-0.39, 0.29) is 10.9 Å². The number of aromatic nitrogens is 3. The molecule has 11 heteroatoms. The number of benzene rings is 2. The molecule has 0 saturated carbocycles. The number of nitrogens with zero attached hydrogens (tertiary/aromatic N) is 4. The van der Waals surface area contributed by atoms with Crippen molar-refractivity contribution in [1.29, 1.82) is 0 Å². The van der Waals surface area contributed by atoms with E-state index in [1.54, 1.807) is 16.8 Å². The molecule has 148 valence electrons. The van der Waals surface area contributed by atoms with Gasteiger partial charge >= 0.3 is 6.03 Å². The van der Waals surface area contributed by atoms with Crippen molar-refractivity contribution in [3.05, 3.63) is 46.9 Å². The Hall–Kier alpha value is -2.50. The number of urea groups is 1. The van der Waals surface area contributed by atoms with Gasteiger partial charge in [-0.05, 0) is 46.3 Å². The van der Waals surface area contributed by atoms with Crippen LogP contribution >= 0.6 is 15.9 Å². The molecular formula is C17H19BrN6O3S. The number of carbonyl (C=O) groups excluding carboxylic acids is 1. The highest BCUT2D eigenvalue weighted by atomic mass is 79.9. The monoisotopic (exact) mass is 466 g/mol. The second kappa shape index (κ2) is 8.25. The average Bonchev–Trinajstić information content (AvgIpc) is 3.06. The molecule has 0 aliphatic rings. The molecule has 2 aromatic carbocycles. The number of amides is 2. The van der Waals surface area contributed by atoms with Crippen molar-refractivity contribution in [2.45, 2.75) is 11.4 Å². The number of para-hydroxylation sites is 1. The van der Waals surface area contributed by atoms with E-state index in [0.717, 1.165) is 8.78 Å². The third-order valence-electron chi connectivity index (χ3n) is 4.00. The van der Waals surface area contributed by atoms with Crippen molar-refractivity contribution in [3.63, 3.8) is 0 Å². The van der Waals surface area contributed by atoms with Gasteiger partial charge < -0.3 is 10.6 Å². The molecule has 9 nitrogen and oxygen atoms in total. The Balaban J connectivity index is 1.64. The van der Waals surface area contributed by atoms with Crippen LogP contribution in [0.25, 0.3) is 11.0 Å². The molecule has 0 bridgehead atoms. The van der Waals surface area contributed by atoms with Crippen LogP contribution in [0.15, 0.2) is 51.8 Å². The van der Waals surface area contributed by atoms with Crippen molar-refractivity contribution in [1.82, 2.24) is 24.6 Å². The lowest BCUT2D eigenvalue weighted by atomic mass is 10.3. The van der Waals surface area contributed by atoms with Gasteiger partial charge in [0.25, 0.3) is 0 Å². The molecule has 0 saturated heterocycles. The number of carbonyl (C=O) groups is 1. The van der Waals surface area contributed by atoms with Crippen LogP contribution in [-0.2, 0) is 16.6 Å². The molecule has 1 aromatic heterocycles. The number of nitrogens with one attached hydrogen (secondary N) is 2. The quantitative estimate of drug-likeness (QED) is 0.578. The van der Waals surface area contributed by atoms with Crippen molar-refractivity contribution >= 4 is 48.7 Å². The Morgan fingerprint density at radius 2 is 1.96 bits per heavy atom. The van der Waals surface area contributed by atoms with E-state index in [1.807, 2.05) is 18.2 Å². The number of hydrogen-bond donors (Lipinski definition) is 2. The van der Waals surface area contributed by atoms with Crippen molar-refractivity contribution in [2.75, 3.05) is 26.0 Å². The first-order chi connectivity index (χ1) is 13.3. The molecule has 0 spiro atoms. The molecule has 0 fully saturated rings. The zero-order valence-electron chi connectivity index (χ0n) is 15.3. The van der Waals surface area contributed by atoms with Gasteiger partial charge in [-0.15, -0.1) is 5.10 Å². The summed E-state index contributed by atoms with van der Waals surface area (Å²) in [6.07, 6.45) is 0. The van der Waals surface area contributed by atoms with E-state index < -0.39 is 10.0 Å². The minimum atomic E-state index is -3.53. The van der Waals surface area contributed by atoms with Gasteiger partial charge in [0, 0.05) is 25.1 Å². The number of halogens is 1. The van der Waals surface area contributed by atoms with Gasteiger partial charge in [-0.25, -0.2) is 22.2 Å². The standard InChI is InChI=1S/C17H19BrN6O3S/c1-23(2)28(26,27)12-7-8-16-15(11-12)21-22-24(16)10-9-19-17(25)20-14-6-4-3-5-13(14)18/h3-8,11H,9-10H2,1-2H3,(H2,19,20,25). The van der Waals surface area contributed by atoms with Gasteiger partial charge in [0.2, 0.25) is 10.0 Å². The van der Waals surface area contributed by atoms with Gasteiger partial charge in [0.05, 0.1) is 22.6 Å². The summed E-state index contributed by atoms with van der Waals surface area (Å²) in [5.41, 5.74) is 1.83. The Morgan fingerprint density at radius 1 is 1.21 bits per heavy atom. The van der Waals surface area contributed by atoms with Gasteiger partial charge in [0.15, 0.2) is 0 Å². The highest BCUT2D eigenvalue weighted by Gasteiger charge is 2.18. The summed E-state index contributed by atoms with van der Waals surface area (Å²) in [6, 6.07) is 11.6. The lowest BCUT2D eigenvalue weighted by Crippen LogP contribution is -2.31. The Kier molecular flexibility index (Phi) is 5.96. The minimum absolute atomic E-state index is 0.156. The second-order valence-electron chi connectivity index (χ2n) is 6.11. The molecule has 0 aliphatic heterocycles. The fourth-order valence-corrected chi connectivity index (χ4v) is 3.80. The van der Waals surface area contributed by atoms with Gasteiger partial charge in [-0.2, -0.15) is 0 Å². The van der Waals surface area contributed by atoms with Gasteiger partial charge in [0.1, 0.15) is 5.52 Å². The third kappa shape index (κ3) is 4.32. The first kappa shape index (κ1) is 20.2. The van der Waals surface area contributed by atoms with Crippen LogP contribution in [0.2, 0.25) is 0 Å². The highest BCUT2D eigenvalue weighted by molar-refractivity contribution is 9.10. The zero-order chi connectivity index (χ0) is 20.3. The van der Waals surface area contributed by atoms with Crippen LogP contribution in [0.5, 0.6) is 0 Å². The molecule has 0 aliphatic carbocycles. The van der Waals surface area contributed by atoms with Gasteiger partial charge in [-0.1, -0.05) is 17.3 Å². The predicted molar refractivity (Wildman–Crippen MR) is 110 cm³/mol. The maximum atomic E-state index is 12.2. The summed E-state index contributed by atoms with van der Waals surface area (Å²) >= 11 is 3.37. The van der Waals surface area contributed by atoms with Gasteiger partial charge in [-0.3, -0.25) is 0 Å². The predicted octanol–water partition coefficient (Wildman–Crippen LogP) is 2.27. The largest absolute Gasteiger partial charge is 0.336 e. The van der Waals surface area contributed by atoms with E-state index >= 15 is 0 Å². The maximum absolute atomic E-state index is 12.2. The SMILES string of the molecule is CN(C)S(=O)(=O)c1ccc2c(c1)nnn2CCNC(=O)Nc1ccccc1Br. The molecule has 28 heavy (non-hydrogen) atoms. The van der Waals surface area contributed by atoms with Crippen LogP contribution in [0.1, 0.15) is 0 Å². The van der Waals surface area contributed by atoms with Crippen molar-refractivity contribution in [2.24, 2.45) is 0 Å². The highest BCUT2D eigenvalue weighted by Crippen LogP contribution is 2.21. The van der Waals surface area contributed by atoms with Crippen LogP contribution < -0.4 is 10.6 Å². The number of hydrogen-bond acceptors (Lipinski definition) is 5. The summed E-state index contributed by atoms with van der Waals surface area (Å²) in [4.78, 5) is 12.2. The topological polar surface area (TPSA) is 109 Å². The molecule has 2 amide bonds. The maximum Gasteiger partial charge on any atom is 0.319 e. The molecule has 3 aromatic rings. The fraction of sp³-hybridized carbons (Fsp3) is 0.235. The smallest absolute Gasteiger partial charge is 0.319 e. The Morgan fingerprint density at radius 3 is 2.68 bits per heavy atom. The second-order valence-corrected chi connectivity index (χ2v) is 9.12. The summed E-state index contributed by atoms with van der Waals surface area (Å²) in [7, 11) is -0.587. The van der Waals surface area contributed by atoms with E-state index in [4.69, 9.17) is 0 Å². The first-order valence-electron chi connectivity index (χ1n) is 8.34. The summed E-state index contributed by atoms with van der Waals surface area (Å²) < 4.78 is 28.0. The Labute approximate surface area is 170 Å². The van der Waals surface area contributed by atoms with Crippen LogP contribution in [-0.4, -0.2) is 54.4 Å². The first-order valence-corrected chi connectivity index (χ1v) is 10.6. The molecule has 1 heterocycles. The number of sulfonamides is 1. The summed E-state index contributed by atoms with van der Waals surface area (Å²) in [5.74, 6) is 0. The van der Waals surface area contributed by atoms with E-state index in [9.17, 15) is 13.2 Å². The van der Waals surface area contributed by atoms with Crippen LogP contribution in [0.3, 0.4) is 0 Å². The Bertz CT molecular complexity index is 1110. The number of anilines is 1. The van der Waals surface area contributed by atoms with E-state index in [1.165, 1.54) is 26.2 Å². The molecule has 0 atom stereocenters. The number of rotatable bonds is 6. The minimum Gasteiger partial charge on any atom is -0.336 e. The lowest BCUT2D eigenvalue weighted by molar-refractivity contribution is 0.251. The lowest BCUT2D eigenvalue weighted by Gasteiger charge is -2.11. The number of fused-ring (bicyclic) bond motifs is 1. The van der Waals surface area contributed by atoms with E-state index in [0.29, 0.717) is 29.8 Å². The molecular weight excluding hydrogens is 448 g/mol. The fourth-order valence-electron chi connectivity index (χ4n) is 2.49. The zero-order valence-corrected chi connectivity index (χ0v) is 17.7. The molecule has 0 unspecified atom stereocenters. The van der Waals surface area contributed by atoms with Crippen molar-refractivity contribution < 1.29 is 13.2 Å². The summed E-state index contributed by atoms with van der Waals surface area (Å²) in [5, 5.41) is 13.6.